The van der Waals surface area contributed by atoms with Gasteiger partial charge in [0.1, 0.15) is 30.1 Å². The van der Waals surface area contributed by atoms with Crippen LogP contribution in [0.25, 0.3) is 0 Å². The molecular weight excluding hydrogens is 746 g/mol. The monoisotopic (exact) mass is 799 g/mol. The summed E-state index contributed by atoms with van der Waals surface area (Å²) in [6, 6.07) is 33.1. The number of rotatable bonds is 15. The molecule has 0 bridgehead atoms. The van der Waals surface area contributed by atoms with E-state index in [1.807, 2.05) is 105 Å². The second kappa shape index (κ2) is 24.3. The van der Waals surface area contributed by atoms with Crippen molar-refractivity contribution in [1.29, 1.82) is 0 Å². The lowest BCUT2D eigenvalue weighted by Gasteiger charge is -2.37. The fraction of sp³-hybridized carbons (Fsp3) is 0.318. The van der Waals surface area contributed by atoms with Crippen LogP contribution >= 0.6 is 0 Å². The molecule has 0 aliphatic heterocycles. The maximum Gasteiger partial charge on any atom is 0.495 e. The number of hydrogen-bond donors (Lipinski definition) is 5. The van der Waals surface area contributed by atoms with E-state index in [1.54, 1.807) is 46.9 Å². The summed E-state index contributed by atoms with van der Waals surface area (Å²) in [6.45, 7) is 10.5. The highest BCUT2D eigenvalue weighted by Crippen LogP contribution is 2.37. The summed E-state index contributed by atoms with van der Waals surface area (Å²) < 4.78 is 21.6. The first kappa shape index (κ1) is 47.7. The number of carbonyl (C=O) groups is 6. The lowest BCUT2D eigenvalue weighted by Crippen LogP contribution is -2.52. The van der Waals surface area contributed by atoms with Gasteiger partial charge in [-0.25, -0.2) is 9.59 Å². The lowest BCUT2D eigenvalue weighted by atomic mass is 9.77. The minimum absolute atomic E-state index is 0.0601. The molecule has 0 saturated carbocycles. The largest absolute Gasteiger partial charge is 0.495 e. The van der Waals surface area contributed by atoms with Gasteiger partial charge in [-0.15, -0.1) is 4.39 Å². The third kappa shape index (κ3) is 16.0. The summed E-state index contributed by atoms with van der Waals surface area (Å²) in [4.78, 5) is 71.4. The predicted octanol–water partition coefficient (Wildman–Crippen LogP) is 6.56. The molecule has 14 heteroatoms. The molecule has 0 aromatic heterocycles. The molecule has 58 heavy (non-hydrogen) atoms. The quantitative estimate of drug-likeness (QED) is 0.0506. The standard InChI is InChI=1S/C34H33FN4O5.C8H15NO3.C2H6/c1-36-22-31(41)38-29(32(42)37-28-19-17-24(18-20-28)23-44-33(35)43)21-30(40)39-34(25-11-5-2-6-12-25,26-13-7-3-8-14-26)27-15-9-4-10-16-27;1-6(5-10)9-7(11)12-8(2,3)4;1-2/h2-20,29,36H,21-23H2,1H3,(H,37,42)(H,38,41)(H,39,40);5-6H,1-4H3,(H,9,11);1-2H3. The Balaban J connectivity index is 0.000000711. The van der Waals surface area contributed by atoms with Gasteiger partial charge < -0.3 is 40.9 Å². The van der Waals surface area contributed by atoms with E-state index in [4.69, 9.17) is 4.74 Å². The Morgan fingerprint density at radius 1 is 0.724 bits per heavy atom. The molecule has 0 aliphatic rings. The van der Waals surface area contributed by atoms with Gasteiger partial charge >= 0.3 is 12.3 Å². The van der Waals surface area contributed by atoms with Crippen molar-refractivity contribution in [2.45, 2.75) is 77.8 Å². The number of anilines is 1. The summed E-state index contributed by atoms with van der Waals surface area (Å²) in [5.41, 5.74) is 1.68. The number of likely N-dealkylation sites (N-methyl/N-ethyl adjacent to an activating group) is 1. The maximum absolute atomic E-state index is 13.9. The van der Waals surface area contributed by atoms with Crippen LogP contribution in [0.2, 0.25) is 0 Å². The van der Waals surface area contributed by atoms with E-state index >= 15 is 0 Å². The van der Waals surface area contributed by atoms with Crippen LogP contribution in [0.15, 0.2) is 115 Å². The predicted molar refractivity (Wildman–Crippen MR) is 220 cm³/mol. The number of halogens is 1. The van der Waals surface area contributed by atoms with Crippen molar-refractivity contribution in [2.75, 3.05) is 18.9 Å². The van der Waals surface area contributed by atoms with Crippen LogP contribution in [-0.2, 0) is 40.8 Å². The molecule has 0 heterocycles. The number of benzene rings is 4. The molecule has 310 valence electrons. The Morgan fingerprint density at radius 3 is 1.62 bits per heavy atom. The number of alkyl carbamates (subject to hydrolysis) is 1. The molecule has 2 atom stereocenters. The van der Waals surface area contributed by atoms with E-state index in [9.17, 15) is 33.2 Å². The van der Waals surface area contributed by atoms with Gasteiger partial charge in [-0.3, -0.25) is 14.4 Å². The summed E-state index contributed by atoms with van der Waals surface area (Å²) in [5, 5.41) is 13.7. The topological polar surface area (TPSA) is 181 Å². The van der Waals surface area contributed by atoms with Gasteiger partial charge in [-0.05, 0) is 69.1 Å². The first-order valence-corrected chi connectivity index (χ1v) is 18.7. The molecule has 0 fully saturated rings. The minimum Gasteiger partial charge on any atom is -0.444 e. The Morgan fingerprint density at radius 2 is 1.21 bits per heavy atom. The molecule has 0 aliphatic carbocycles. The maximum atomic E-state index is 13.9. The molecule has 2 unspecified atom stereocenters. The molecule has 4 aromatic rings. The minimum atomic E-state index is -1.89. The van der Waals surface area contributed by atoms with Crippen molar-refractivity contribution in [3.05, 3.63) is 138 Å². The third-order valence-corrected chi connectivity index (χ3v) is 7.85. The van der Waals surface area contributed by atoms with Crippen LogP contribution in [-0.4, -0.2) is 67.6 Å². The zero-order chi connectivity index (χ0) is 43.1. The van der Waals surface area contributed by atoms with E-state index in [1.165, 1.54) is 12.1 Å². The van der Waals surface area contributed by atoms with Crippen LogP contribution in [0, 0.1) is 0 Å². The van der Waals surface area contributed by atoms with Crippen molar-refractivity contribution in [2.24, 2.45) is 0 Å². The molecule has 4 rings (SSSR count). The Labute approximate surface area is 339 Å². The molecule has 0 radical (unpaired) electrons. The highest BCUT2D eigenvalue weighted by molar-refractivity contribution is 6.00. The average molecular weight is 800 g/mol. The smallest absolute Gasteiger partial charge is 0.444 e. The van der Waals surface area contributed by atoms with Crippen LogP contribution in [0.3, 0.4) is 0 Å². The Kier molecular flexibility index (Phi) is 20.0. The van der Waals surface area contributed by atoms with Gasteiger partial charge in [0, 0.05) is 5.69 Å². The Bertz CT molecular complexity index is 1790. The van der Waals surface area contributed by atoms with Gasteiger partial charge in [0.25, 0.3) is 0 Å². The molecule has 0 saturated heterocycles. The van der Waals surface area contributed by atoms with Crippen LogP contribution in [0.5, 0.6) is 0 Å². The number of amides is 4. The number of nitrogens with one attached hydrogen (secondary N) is 5. The summed E-state index contributed by atoms with van der Waals surface area (Å²) in [6.07, 6.45) is -2.18. The van der Waals surface area contributed by atoms with E-state index in [0.717, 1.165) is 16.7 Å². The van der Waals surface area contributed by atoms with Crippen LogP contribution in [0.1, 0.15) is 70.2 Å². The zero-order valence-corrected chi connectivity index (χ0v) is 34.0. The third-order valence-electron chi connectivity index (χ3n) is 7.85. The second-order valence-electron chi connectivity index (χ2n) is 13.5. The van der Waals surface area contributed by atoms with Gasteiger partial charge in [0.2, 0.25) is 17.7 Å². The van der Waals surface area contributed by atoms with Crippen LogP contribution < -0.4 is 26.6 Å². The first-order valence-electron chi connectivity index (χ1n) is 18.7. The molecule has 13 nitrogen and oxygen atoms in total. The highest BCUT2D eigenvalue weighted by atomic mass is 19.1. The number of ether oxygens (including phenoxy) is 2. The first-order chi connectivity index (χ1) is 27.7. The number of carbonyl (C=O) groups excluding carboxylic acids is 6. The number of aldehydes is 1. The van der Waals surface area contributed by atoms with Crippen LogP contribution in [0.4, 0.5) is 19.7 Å². The average Bonchev–Trinajstić information content (AvgIpc) is 3.20. The van der Waals surface area contributed by atoms with E-state index in [-0.39, 0.29) is 19.6 Å². The van der Waals surface area contributed by atoms with Crippen molar-refractivity contribution in [3.8, 4) is 0 Å². The molecule has 5 N–H and O–H groups in total. The van der Waals surface area contributed by atoms with E-state index in [0.29, 0.717) is 17.5 Å². The zero-order valence-electron chi connectivity index (χ0n) is 34.0. The van der Waals surface area contributed by atoms with E-state index in [2.05, 4.69) is 31.3 Å². The fourth-order valence-corrected chi connectivity index (χ4v) is 5.42. The van der Waals surface area contributed by atoms with Crippen molar-refractivity contribution >= 4 is 42.0 Å². The van der Waals surface area contributed by atoms with E-state index < -0.39 is 53.3 Å². The van der Waals surface area contributed by atoms with Crippen molar-refractivity contribution in [1.82, 2.24) is 21.3 Å². The van der Waals surface area contributed by atoms with Gasteiger partial charge in [-0.1, -0.05) is 117 Å². The summed E-state index contributed by atoms with van der Waals surface area (Å²) in [7, 11) is 1.59. The summed E-state index contributed by atoms with van der Waals surface area (Å²) >= 11 is 0. The van der Waals surface area contributed by atoms with Crippen molar-refractivity contribution < 1.29 is 42.6 Å². The normalized spacial score (nSPS) is 11.7. The van der Waals surface area contributed by atoms with Gasteiger partial charge in [-0.2, -0.15) is 0 Å². The molecule has 0 spiro atoms. The SMILES string of the molecule is CC.CC(C=O)NC(=O)OC(C)(C)C.CNCC(=O)NC(CC(=O)NC(c1ccccc1)(c1ccccc1)c1ccccc1)C(=O)Nc1ccc(COC(=O)F)cc1. The van der Waals surface area contributed by atoms with Gasteiger partial charge in [0.15, 0.2) is 0 Å². The molecule has 4 amide bonds. The lowest BCUT2D eigenvalue weighted by molar-refractivity contribution is -0.129. The summed E-state index contributed by atoms with van der Waals surface area (Å²) in [5.74, 6) is -1.56. The second-order valence-corrected chi connectivity index (χ2v) is 13.5. The highest BCUT2D eigenvalue weighted by Gasteiger charge is 2.39. The Hall–Kier alpha value is -6.41. The molecule has 4 aromatic carbocycles. The van der Waals surface area contributed by atoms with Crippen molar-refractivity contribution in [3.63, 3.8) is 0 Å². The van der Waals surface area contributed by atoms with Gasteiger partial charge in [0.05, 0.1) is 19.0 Å². The fourth-order valence-electron chi connectivity index (χ4n) is 5.42. The number of hydrogen-bond acceptors (Lipinski definition) is 9. The molecular formula is C44H54FN5O8.